The van der Waals surface area contributed by atoms with Crippen LogP contribution in [0, 0.1) is 6.92 Å². The third kappa shape index (κ3) is 6.16. The maximum absolute atomic E-state index is 5.66. The van der Waals surface area contributed by atoms with Crippen molar-refractivity contribution in [3.8, 4) is 33.5 Å². The van der Waals surface area contributed by atoms with E-state index >= 15 is 0 Å². The Morgan fingerprint density at radius 1 is 0.452 bits per heavy atom. The van der Waals surface area contributed by atoms with Crippen LogP contribution in [0.15, 0.2) is 222 Å². The predicted octanol–water partition coefficient (Wildman–Crippen LogP) is 12.3. The zero-order chi connectivity index (χ0) is 41.8. The van der Waals surface area contributed by atoms with Crippen molar-refractivity contribution in [1.29, 1.82) is 0 Å². The zero-order valence-corrected chi connectivity index (χ0v) is 36.8. The van der Waals surface area contributed by atoms with Gasteiger partial charge in [-0.1, -0.05) is 219 Å². The summed E-state index contributed by atoms with van der Waals surface area (Å²) in [5.41, 5.74) is 12.3. The summed E-state index contributed by atoms with van der Waals surface area (Å²) in [7, 11) is -2.83. The average Bonchev–Trinajstić information content (AvgIpc) is 3.32. The summed E-state index contributed by atoms with van der Waals surface area (Å²) < 4.78 is 0. The second-order valence-electron chi connectivity index (χ2n) is 17.0. The van der Waals surface area contributed by atoms with Gasteiger partial charge < -0.3 is 0 Å². The number of aromatic nitrogens is 2. The van der Waals surface area contributed by atoms with E-state index in [9.17, 15) is 0 Å². The van der Waals surface area contributed by atoms with Crippen LogP contribution in [0.3, 0.4) is 0 Å². The second-order valence-corrected chi connectivity index (χ2v) is 21.8. The van der Waals surface area contributed by atoms with E-state index in [0.29, 0.717) is 0 Å². The number of hydrogen-bond acceptors (Lipinski definition) is 3. The fourth-order valence-electron chi connectivity index (χ4n) is 9.99. The van der Waals surface area contributed by atoms with E-state index in [1.165, 1.54) is 47.2 Å². The molecule has 0 N–H and O–H groups in total. The molecule has 2 aromatic heterocycles. The normalized spacial score (nSPS) is 13.1. The standard InChI is InChI=1S/C58H44N2SSi/c1-39-18-15-26-44(36-39)62(42-22-9-5-10-23-42,43-24-11-6-12-25-43)45-27-16-21-41(37-45)50-38-53(49-28-17-30-52-57(49)61-54-31-14-13-29-51(54)58(52,2)3)60-56-48(50)33-32-47-46(34-35-59-55(47)56)40-19-7-4-8-20-40/h4-38H,1-3H3. The first kappa shape index (κ1) is 38.1. The summed E-state index contributed by atoms with van der Waals surface area (Å²) >= 11 is 1.87. The lowest BCUT2D eigenvalue weighted by Gasteiger charge is -2.35. The summed E-state index contributed by atoms with van der Waals surface area (Å²) in [5.74, 6) is 0. The summed E-state index contributed by atoms with van der Waals surface area (Å²) in [4.78, 5) is 13.4. The van der Waals surface area contributed by atoms with Gasteiger partial charge >= 0.3 is 0 Å². The molecule has 0 unspecified atom stereocenters. The van der Waals surface area contributed by atoms with Crippen LogP contribution in [-0.4, -0.2) is 18.0 Å². The monoisotopic (exact) mass is 828 g/mol. The summed E-state index contributed by atoms with van der Waals surface area (Å²) in [6, 6.07) is 76.3. The van der Waals surface area contributed by atoms with Gasteiger partial charge in [0.25, 0.3) is 0 Å². The highest BCUT2D eigenvalue weighted by atomic mass is 32.2. The van der Waals surface area contributed by atoms with Crippen LogP contribution < -0.4 is 20.7 Å². The number of benzene rings is 8. The smallest absolute Gasteiger partial charge is 0.179 e. The van der Waals surface area contributed by atoms with Gasteiger partial charge in [0, 0.05) is 37.7 Å². The Labute approximate surface area is 369 Å². The molecule has 1 aliphatic heterocycles. The lowest BCUT2D eigenvalue weighted by molar-refractivity contribution is 0.608. The van der Waals surface area contributed by atoms with Gasteiger partial charge in [-0.3, -0.25) is 4.98 Å². The Morgan fingerprint density at radius 2 is 1.03 bits per heavy atom. The first-order chi connectivity index (χ1) is 30.4. The van der Waals surface area contributed by atoms with Crippen molar-refractivity contribution in [3.05, 3.63) is 229 Å². The van der Waals surface area contributed by atoms with Crippen molar-refractivity contribution in [2.24, 2.45) is 0 Å². The van der Waals surface area contributed by atoms with Gasteiger partial charge in [-0.05, 0) is 79.3 Å². The molecule has 2 nitrogen and oxygen atoms in total. The maximum Gasteiger partial charge on any atom is 0.179 e. The Hall–Kier alpha value is -6.85. The van der Waals surface area contributed by atoms with E-state index in [4.69, 9.17) is 9.97 Å². The molecule has 0 spiro atoms. The van der Waals surface area contributed by atoms with Crippen molar-refractivity contribution in [2.75, 3.05) is 0 Å². The predicted molar refractivity (Wildman–Crippen MR) is 264 cm³/mol. The fourth-order valence-corrected chi connectivity index (χ4v) is 16.4. The molecule has 0 radical (unpaired) electrons. The van der Waals surface area contributed by atoms with E-state index in [-0.39, 0.29) is 5.41 Å². The third-order valence-electron chi connectivity index (χ3n) is 13.0. The molecule has 62 heavy (non-hydrogen) atoms. The van der Waals surface area contributed by atoms with Crippen LogP contribution in [0.25, 0.3) is 55.3 Å². The molecule has 8 aromatic carbocycles. The molecule has 11 rings (SSSR count). The Kier molecular flexibility index (Phi) is 9.37. The molecular weight excluding hydrogens is 785 g/mol. The minimum absolute atomic E-state index is 0.168. The zero-order valence-electron chi connectivity index (χ0n) is 35.0. The molecule has 10 aromatic rings. The van der Waals surface area contributed by atoms with Crippen LogP contribution in [0.2, 0.25) is 0 Å². The quantitative estimate of drug-likeness (QED) is 0.0909. The van der Waals surface area contributed by atoms with Crippen LogP contribution in [0.4, 0.5) is 0 Å². The highest BCUT2D eigenvalue weighted by Crippen LogP contribution is 2.52. The van der Waals surface area contributed by atoms with Crippen molar-refractivity contribution >= 4 is 62.4 Å². The molecule has 4 heteroatoms. The van der Waals surface area contributed by atoms with Crippen LogP contribution in [0.5, 0.6) is 0 Å². The van der Waals surface area contributed by atoms with Gasteiger partial charge in [0.1, 0.15) is 0 Å². The van der Waals surface area contributed by atoms with Crippen molar-refractivity contribution in [2.45, 2.75) is 36.0 Å². The molecule has 0 saturated carbocycles. The molecule has 1 aliphatic rings. The highest BCUT2D eigenvalue weighted by Gasteiger charge is 2.42. The minimum Gasteiger partial charge on any atom is -0.254 e. The number of nitrogens with zero attached hydrogens (tertiary/aromatic N) is 2. The maximum atomic E-state index is 5.66. The van der Waals surface area contributed by atoms with Gasteiger partial charge in [0.2, 0.25) is 0 Å². The van der Waals surface area contributed by atoms with Gasteiger partial charge in [0.15, 0.2) is 8.07 Å². The van der Waals surface area contributed by atoms with Gasteiger partial charge in [-0.2, -0.15) is 0 Å². The van der Waals surface area contributed by atoms with Crippen molar-refractivity contribution in [3.63, 3.8) is 0 Å². The van der Waals surface area contributed by atoms with E-state index in [2.05, 4.69) is 227 Å². The molecule has 0 saturated heterocycles. The average molecular weight is 829 g/mol. The van der Waals surface area contributed by atoms with Crippen LogP contribution in [0.1, 0.15) is 30.5 Å². The summed E-state index contributed by atoms with van der Waals surface area (Å²) in [6.07, 6.45) is 1.94. The first-order valence-corrected chi connectivity index (χ1v) is 24.2. The van der Waals surface area contributed by atoms with E-state index < -0.39 is 8.07 Å². The van der Waals surface area contributed by atoms with Crippen molar-refractivity contribution in [1.82, 2.24) is 9.97 Å². The molecule has 296 valence electrons. The topological polar surface area (TPSA) is 25.8 Å². The molecule has 0 amide bonds. The Balaban J connectivity index is 1.21. The highest BCUT2D eigenvalue weighted by molar-refractivity contribution is 7.99. The third-order valence-corrected chi connectivity index (χ3v) is 19.0. The molecule has 0 fully saturated rings. The lowest BCUT2D eigenvalue weighted by atomic mass is 9.77. The SMILES string of the molecule is Cc1cccc([Si](c2ccccc2)(c2ccccc2)c2cccc(-c3cc(-c4cccc5c4Sc4ccccc4C5(C)C)nc4c3ccc3c(-c5ccccc5)ccnc34)c2)c1. The van der Waals surface area contributed by atoms with E-state index in [0.717, 1.165) is 55.3 Å². The van der Waals surface area contributed by atoms with Crippen LogP contribution in [-0.2, 0) is 5.41 Å². The lowest BCUT2D eigenvalue weighted by Crippen LogP contribution is -2.74. The molecule has 3 heterocycles. The fraction of sp³-hybridized carbons (Fsp3) is 0.0690. The largest absolute Gasteiger partial charge is 0.254 e. The second kappa shape index (κ2) is 15.2. The number of rotatable bonds is 7. The Morgan fingerprint density at radius 3 is 1.76 bits per heavy atom. The molecule has 0 atom stereocenters. The van der Waals surface area contributed by atoms with Crippen LogP contribution >= 0.6 is 11.8 Å². The number of pyridine rings is 2. The number of hydrogen-bond donors (Lipinski definition) is 0. The number of aryl methyl sites for hydroxylation is 1. The Bertz CT molecular complexity index is 3270. The van der Waals surface area contributed by atoms with Gasteiger partial charge in [-0.25, -0.2) is 4.98 Å². The molecule has 0 aliphatic carbocycles. The van der Waals surface area contributed by atoms with E-state index in [1.807, 2.05) is 18.0 Å². The first-order valence-electron chi connectivity index (χ1n) is 21.4. The summed E-state index contributed by atoms with van der Waals surface area (Å²) in [6.45, 7) is 6.91. The van der Waals surface area contributed by atoms with Crippen molar-refractivity contribution < 1.29 is 0 Å². The van der Waals surface area contributed by atoms with Gasteiger partial charge in [-0.15, -0.1) is 0 Å². The van der Waals surface area contributed by atoms with E-state index in [1.54, 1.807) is 0 Å². The molecule has 0 bridgehead atoms. The van der Waals surface area contributed by atoms with Gasteiger partial charge in [0.05, 0.1) is 16.7 Å². The number of fused-ring (bicyclic) bond motifs is 5. The minimum atomic E-state index is -2.83. The summed E-state index contributed by atoms with van der Waals surface area (Å²) in [5, 5.41) is 7.59. The molecular formula is C58H44N2SSi.